The van der Waals surface area contributed by atoms with Crippen LogP contribution in [0, 0.1) is 6.92 Å². The Balaban J connectivity index is 2.12. The predicted octanol–water partition coefficient (Wildman–Crippen LogP) is 2.55. The van der Waals surface area contributed by atoms with Crippen LogP contribution >= 0.6 is 0 Å². The number of fused-ring (bicyclic) bond motifs is 1. The van der Waals surface area contributed by atoms with Gasteiger partial charge in [0.2, 0.25) is 0 Å². The number of aromatic nitrogens is 1. The average molecular weight is 355 g/mol. The number of hydrogen-bond donors (Lipinski definition) is 1. The second-order valence-electron chi connectivity index (χ2n) is 6.74. The van der Waals surface area contributed by atoms with Gasteiger partial charge in [0.05, 0.1) is 29.9 Å². The Morgan fingerprint density at radius 3 is 2.58 bits per heavy atom. The van der Waals surface area contributed by atoms with Crippen molar-refractivity contribution in [3.63, 3.8) is 0 Å². The maximum atomic E-state index is 12.5. The first-order valence-electron chi connectivity index (χ1n) is 8.45. The van der Waals surface area contributed by atoms with Crippen molar-refractivity contribution < 1.29 is 19.1 Å². The number of ether oxygens (including phenoxy) is 1. The van der Waals surface area contributed by atoms with Crippen molar-refractivity contribution in [2.24, 2.45) is 0 Å². The molecule has 1 aliphatic rings. The fourth-order valence-electron chi connectivity index (χ4n) is 3.14. The summed E-state index contributed by atoms with van der Waals surface area (Å²) >= 11 is 0. The van der Waals surface area contributed by atoms with Crippen LogP contribution in [0.4, 0.5) is 4.79 Å². The molecule has 7 nitrogen and oxygen atoms in total. The van der Waals surface area contributed by atoms with Gasteiger partial charge in [0.25, 0.3) is 5.91 Å². The molecule has 136 valence electrons. The third-order valence-corrected chi connectivity index (χ3v) is 4.46. The number of amides is 3. The second kappa shape index (κ2) is 6.40. The number of esters is 1. The van der Waals surface area contributed by atoms with Gasteiger partial charge in [0.1, 0.15) is 5.54 Å². The van der Waals surface area contributed by atoms with Crippen LogP contribution in [0.5, 0.6) is 0 Å². The molecule has 1 aromatic carbocycles. The topological polar surface area (TPSA) is 88.6 Å². The molecule has 1 N–H and O–H groups in total. The lowest BCUT2D eigenvalue weighted by Gasteiger charge is -2.18. The minimum absolute atomic E-state index is 0.0894. The third kappa shape index (κ3) is 2.89. The molecule has 0 saturated carbocycles. The summed E-state index contributed by atoms with van der Waals surface area (Å²) in [5.74, 6) is -0.866. The number of carbonyl (C=O) groups excluding carboxylic acids is 3. The Kier molecular flexibility index (Phi) is 4.39. The Hall–Kier alpha value is -2.96. The lowest BCUT2D eigenvalue weighted by Crippen LogP contribution is -2.40. The van der Waals surface area contributed by atoms with Gasteiger partial charge in [0, 0.05) is 5.39 Å². The second-order valence-corrected chi connectivity index (χ2v) is 6.74. The van der Waals surface area contributed by atoms with Gasteiger partial charge < -0.3 is 10.1 Å². The van der Waals surface area contributed by atoms with E-state index in [1.165, 1.54) is 0 Å². The molecule has 7 heteroatoms. The van der Waals surface area contributed by atoms with Crippen molar-refractivity contribution in [2.75, 3.05) is 6.61 Å². The van der Waals surface area contributed by atoms with Crippen LogP contribution in [0.25, 0.3) is 10.9 Å². The number of aryl methyl sites for hydroxylation is 1. The molecule has 0 atom stereocenters. The molecule has 3 amide bonds. The first-order chi connectivity index (χ1) is 12.3. The summed E-state index contributed by atoms with van der Waals surface area (Å²) in [6.45, 7) is 6.95. The van der Waals surface area contributed by atoms with Crippen LogP contribution in [-0.4, -0.2) is 39.9 Å². The zero-order valence-electron chi connectivity index (χ0n) is 15.3. The molecule has 0 unspecified atom stereocenters. The highest BCUT2D eigenvalue weighted by molar-refractivity contribution is 6.06. The normalized spacial score (nSPS) is 16.1. The van der Waals surface area contributed by atoms with E-state index in [1.54, 1.807) is 20.8 Å². The molecule has 1 aromatic heterocycles. The molecule has 1 saturated heterocycles. The van der Waals surface area contributed by atoms with Crippen molar-refractivity contribution in [3.05, 3.63) is 41.1 Å². The van der Waals surface area contributed by atoms with E-state index in [-0.39, 0.29) is 19.1 Å². The molecule has 2 aromatic rings. The standard InChI is InChI=1S/C19H21N3O4/c1-5-26-16(23)15-11(2)12-8-6-7-9-13(12)20-14(15)10-22-17(24)19(3,4)21-18(22)25/h6-9H,5,10H2,1-4H3,(H,21,25). The van der Waals surface area contributed by atoms with Crippen molar-refractivity contribution in [1.82, 2.24) is 15.2 Å². The number of carbonyl (C=O) groups is 3. The third-order valence-electron chi connectivity index (χ3n) is 4.46. The highest BCUT2D eigenvalue weighted by Crippen LogP contribution is 2.26. The number of pyridine rings is 1. The summed E-state index contributed by atoms with van der Waals surface area (Å²) in [4.78, 5) is 42.9. The van der Waals surface area contributed by atoms with Crippen LogP contribution in [-0.2, 0) is 16.1 Å². The summed E-state index contributed by atoms with van der Waals surface area (Å²) in [5.41, 5.74) is 1.08. The van der Waals surface area contributed by atoms with E-state index in [2.05, 4.69) is 10.3 Å². The number of hydrogen-bond acceptors (Lipinski definition) is 5. The van der Waals surface area contributed by atoms with Gasteiger partial charge in [-0.15, -0.1) is 0 Å². The molecule has 0 spiro atoms. The summed E-state index contributed by atoms with van der Waals surface area (Å²) in [6, 6.07) is 6.92. The first-order valence-corrected chi connectivity index (χ1v) is 8.45. The average Bonchev–Trinajstić information content (AvgIpc) is 2.77. The van der Waals surface area contributed by atoms with Crippen LogP contribution in [0.2, 0.25) is 0 Å². The molecule has 0 bridgehead atoms. The summed E-state index contributed by atoms with van der Waals surface area (Å²) in [7, 11) is 0. The van der Waals surface area contributed by atoms with Crippen LogP contribution < -0.4 is 5.32 Å². The molecular formula is C19H21N3O4. The first kappa shape index (κ1) is 17.8. The van der Waals surface area contributed by atoms with Crippen molar-refractivity contribution in [2.45, 2.75) is 39.8 Å². The predicted molar refractivity (Wildman–Crippen MR) is 95.6 cm³/mol. The van der Waals surface area contributed by atoms with Crippen molar-refractivity contribution in [3.8, 4) is 0 Å². The van der Waals surface area contributed by atoms with E-state index in [0.29, 0.717) is 16.8 Å². The maximum Gasteiger partial charge on any atom is 0.340 e. The minimum Gasteiger partial charge on any atom is -0.462 e. The number of imide groups is 1. The molecule has 0 aliphatic carbocycles. The Morgan fingerprint density at radius 1 is 1.27 bits per heavy atom. The van der Waals surface area contributed by atoms with E-state index < -0.39 is 17.5 Å². The van der Waals surface area contributed by atoms with E-state index in [0.717, 1.165) is 15.8 Å². The Bertz CT molecular complexity index is 920. The number of nitrogens with one attached hydrogen (secondary N) is 1. The summed E-state index contributed by atoms with van der Waals surface area (Å²) in [5, 5.41) is 3.46. The van der Waals surface area contributed by atoms with Gasteiger partial charge in [0.15, 0.2) is 0 Å². The Morgan fingerprint density at radius 2 is 1.96 bits per heavy atom. The SMILES string of the molecule is CCOC(=O)c1c(CN2C(=O)NC(C)(C)C2=O)nc2ccccc2c1C. The molecule has 1 aliphatic heterocycles. The summed E-state index contributed by atoms with van der Waals surface area (Å²) < 4.78 is 5.17. The molecule has 1 fully saturated rings. The van der Waals surface area contributed by atoms with Crippen molar-refractivity contribution in [1.29, 1.82) is 0 Å². The number of para-hydroxylation sites is 1. The van der Waals surface area contributed by atoms with Gasteiger partial charge in [-0.2, -0.15) is 0 Å². The quantitative estimate of drug-likeness (QED) is 0.672. The van der Waals surface area contributed by atoms with Crippen LogP contribution in [0.3, 0.4) is 0 Å². The molecule has 3 rings (SSSR count). The summed E-state index contributed by atoms with van der Waals surface area (Å²) in [6.07, 6.45) is 0. The van der Waals surface area contributed by atoms with Gasteiger partial charge in [-0.1, -0.05) is 18.2 Å². The zero-order valence-corrected chi connectivity index (χ0v) is 15.3. The fourth-order valence-corrected chi connectivity index (χ4v) is 3.14. The highest BCUT2D eigenvalue weighted by atomic mass is 16.5. The van der Waals surface area contributed by atoms with Gasteiger partial charge in [-0.05, 0) is 39.3 Å². The van der Waals surface area contributed by atoms with Gasteiger partial charge >= 0.3 is 12.0 Å². The van der Waals surface area contributed by atoms with Crippen LogP contribution in [0.15, 0.2) is 24.3 Å². The lowest BCUT2D eigenvalue weighted by molar-refractivity contribution is -0.130. The number of nitrogens with zero attached hydrogens (tertiary/aromatic N) is 2. The van der Waals surface area contributed by atoms with E-state index >= 15 is 0 Å². The Labute approximate surface area is 151 Å². The molecule has 26 heavy (non-hydrogen) atoms. The largest absolute Gasteiger partial charge is 0.462 e. The maximum absolute atomic E-state index is 12.5. The minimum atomic E-state index is -0.979. The van der Waals surface area contributed by atoms with E-state index in [1.807, 2.05) is 31.2 Å². The van der Waals surface area contributed by atoms with Gasteiger partial charge in [-0.3, -0.25) is 9.69 Å². The number of benzene rings is 1. The molecule has 0 radical (unpaired) electrons. The smallest absolute Gasteiger partial charge is 0.340 e. The van der Waals surface area contributed by atoms with E-state index in [9.17, 15) is 14.4 Å². The van der Waals surface area contributed by atoms with Gasteiger partial charge in [-0.25, -0.2) is 14.6 Å². The molecular weight excluding hydrogens is 334 g/mol. The lowest BCUT2D eigenvalue weighted by atomic mass is 10.0. The zero-order chi connectivity index (χ0) is 19.1. The molecule has 2 heterocycles. The number of rotatable bonds is 4. The fraction of sp³-hybridized carbons (Fsp3) is 0.368. The van der Waals surface area contributed by atoms with Crippen molar-refractivity contribution >= 4 is 28.8 Å². The number of urea groups is 1. The highest BCUT2D eigenvalue weighted by Gasteiger charge is 2.44. The monoisotopic (exact) mass is 355 g/mol. The van der Waals surface area contributed by atoms with E-state index in [4.69, 9.17) is 4.74 Å². The van der Waals surface area contributed by atoms with Crippen LogP contribution in [0.1, 0.15) is 42.4 Å².